The van der Waals surface area contributed by atoms with Crippen molar-refractivity contribution in [1.82, 2.24) is 5.43 Å². The second-order valence-corrected chi connectivity index (χ2v) is 4.95. The van der Waals surface area contributed by atoms with Gasteiger partial charge in [0.25, 0.3) is 0 Å². The lowest BCUT2D eigenvalue weighted by Crippen LogP contribution is -2.40. The van der Waals surface area contributed by atoms with E-state index in [1.165, 1.54) is 12.0 Å². The minimum absolute atomic E-state index is 0.373. The highest BCUT2D eigenvalue weighted by Gasteiger charge is 2.21. The summed E-state index contributed by atoms with van der Waals surface area (Å²) in [6.45, 7) is 6.77. The van der Waals surface area contributed by atoms with E-state index < -0.39 is 0 Å². The molecular weight excluding hydrogens is 208 g/mol. The average molecular weight is 234 g/mol. The second kappa shape index (κ2) is 7.46. The molecule has 1 rings (SSSR count). The summed E-state index contributed by atoms with van der Waals surface area (Å²) < 4.78 is 0. The van der Waals surface area contributed by atoms with Gasteiger partial charge in [0.15, 0.2) is 0 Å². The van der Waals surface area contributed by atoms with Crippen molar-refractivity contribution in [1.29, 1.82) is 0 Å². The Labute approximate surface area is 106 Å². The van der Waals surface area contributed by atoms with E-state index in [0.717, 1.165) is 12.8 Å². The Balaban J connectivity index is 2.76. The summed E-state index contributed by atoms with van der Waals surface area (Å²) in [6, 6.07) is 11.1. The third-order valence-corrected chi connectivity index (χ3v) is 3.72. The fraction of sp³-hybridized carbons (Fsp3) is 0.600. The zero-order chi connectivity index (χ0) is 12.7. The van der Waals surface area contributed by atoms with E-state index in [9.17, 15) is 0 Å². The van der Waals surface area contributed by atoms with Gasteiger partial charge in [0, 0.05) is 12.0 Å². The van der Waals surface area contributed by atoms with Gasteiger partial charge in [-0.1, -0.05) is 57.5 Å². The minimum Gasteiger partial charge on any atom is -0.271 e. The van der Waals surface area contributed by atoms with Gasteiger partial charge in [-0.25, -0.2) is 0 Å². The molecule has 0 saturated heterocycles. The Morgan fingerprint density at radius 3 is 2.24 bits per heavy atom. The summed E-state index contributed by atoms with van der Waals surface area (Å²) in [6.07, 6.45) is 3.47. The largest absolute Gasteiger partial charge is 0.271 e. The fourth-order valence-corrected chi connectivity index (χ4v) is 2.40. The van der Waals surface area contributed by atoms with E-state index in [1.54, 1.807) is 0 Å². The van der Waals surface area contributed by atoms with Gasteiger partial charge in [-0.05, 0) is 24.3 Å². The number of benzene rings is 1. The van der Waals surface area contributed by atoms with Crippen LogP contribution in [-0.2, 0) is 0 Å². The lowest BCUT2D eigenvalue weighted by molar-refractivity contribution is 0.345. The molecule has 0 aliphatic carbocycles. The Bertz CT molecular complexity index is 297. The molecule has 17 heavy (non-hydrogen) atoms. The first-order valence-corrected chi connectivity index (χ1v) is 6.73. The molecule has 96 valence electrons. The maximum absolute atomic E-state index is 5.74. The number of nitrogens with one attached hydrogen (secondary N) is 1. The molecule has 3 atom stereocenters. The van der Waals surface area contributed by atoms with Gasteiger partial charge in [0.1, 0.15) is 0 Å². The topological polar surface area (TPSA) is 38.0 Å². The van der Waals surface area contributed by atoms with Crippen molar-refractivity contribution in [2.45, 2.75) is 52.0 Å². The highest BCUT2D eigenvalue weighted by Crippen LogP contribution is 2.27. The van der Waals surface area contributed by atoms with Crippen LogP contribution in [0.1, 0.15) is 51.5 Å². The van der Waals surface area contributed by atoms with Crippen molar-refractivity contribution in [3.05, 3.63) is 35.9 Å². The lowest BCUT2D eigenvalue weighted by atomic mass is 9.84. The molecule has 0 heterocycles. The maximum Gasteiger partial charge on any atom is 0.0281 e. The molecule has 0 aliphatic rings. The summed E-state index contributed by atoms with van der Waals surface area (Å²) >= 11 is 0. The predicted octanol–water partition coefficient (Wildman–Crippen LogP) is 3.45. The SMILES string of the molecule is CCC(C)CC(NN)C(CC)c1ccccc1. The highest BCUT2D eigenvalue weighted by molar-refractivity contribution is 5.21. The Hall–Kier alpha value is -0.860. The number of hydrazine groups is 1. The van der Waals surface area contributed by atoms with Crippen LogP contribution in [0.2, 0.25) is 0 Å². The van der Waals surface area contributed by atoms with Gasteiger partial charge in [-0.15, -0.1) is 0 Å². The first-order valence-electron chi connectivity index (χ1n) is 6.73. The Morgan fingerprint density at radius 1 is 1.12 bits per heavy atom. The van der Waals surface area contributed by atoms with Crippen LogP contribution in [0.5, 0.6) is 0 Å². The third-order valence-electron chi connectivity index (χ3n) is 3.72. The second-order valence-electron chi connectivity index (χ2n) is 4.95. The normalized spacial score (nSPS) is 16.5. The van der Waals surface area contributed by atoms with Crippen LogP contribution in [0.25, 0.3) is 0 Å². The molecule has 2 nitrogen and oxygen atoms in total. The molecule has 0 spiro atoms. The molecule has 0 aliphatic heterocycles. The molecule has 0 saturated carbocycles. The molecule has 0 aromatic heterocycles. The summed E-state index contributed by atoms with van der Waals surface area (Å²) in [7, 11) is 0. The smallest absolute Gasteiger partial charge is 0.0281 e. The summed E-state index contributed by atoms with van der Waals surface area (Å²) in [4.78, 5) is 0. The van der Waals surface area contributed by atoms with E-state index >= 15 is 0 Å². The van der Waals surface area contributed by atoms with Crippen molar-refractivity contribution in [3.63, 3.8) is 0 Å². The van der Waals surface area contributed by atoms with Gasteiger partial charge < -0.3 is 0 Å². The highest BCUT2D eigenvalue weighted by atomic mass is 15.2. The van der Waals surface area contributed by atoms with Crippen LogP contribution in [0, 0.1) is 5.92 Å². The average Bonchev–Trinajstić information content (AvgIpc) is 2.39. The van der Waals surface area contributed by atoms with E-state index in [2.05, 4.69) is 56.5 Å². The van der Waals surface area contributed by atoms with Crippen LogP contribution in [0.15, 0.2) is 30.3 Å². The van der Waals surface area contributed by atoms with Gasteiger partial charge in [0.2, 0.25) is 0 Å². The Kier molecular flexibility index (Phi) is 6.23. The van der Waals surface area contributed by atoms with Gasteiger partial charge in [-0.2, -0.15) is 0 Å². The van der Waals surface area contributed by atoms with Crippen LogP contribution in [-0.4, -0.2) is 6.04 Å². The summed E-state index contributed by atoms with van der Waals surface area (Å²) in [5, 5.41) is 0. The van der Waals surface area contributed by atoms with E-state index in [-0.39, 0.29) is 0 Å². The van der Waals surface area contributed by atoms with Crippen molar-refractivity contribution in [3.8, 4) is 0 Å². The number of hydrogen-bond donors (Lipinski definition) is 2. The molecular formula is C15H26N2. The number of nitrogens with two attached hydrogens (primary N) is 1. The van der Waals surface area contributed by atoms with Gasteiger partial charge in [0.05, 0.1) is 0 Å². The fourth-order valence-electron chi connectivity index (χ4n) is 2.40. The molecule has 0 fully saturated rings. The van der Waals surface area contributed by atoms with Crippen molar-refractivity contribution < 1.29 is 0 Å². The van der Waals surface area contributed by atoms with Crippen LogP contribution < -0.4 is 11.3 Å². The van der Waals surface area contributed by atoms with Gasteiger partial charge in [-0.3, -0.25) is 11.3 Å². The molecule has 1 aromatic rings. The van der Waals surface area contributed by atoms with Crippen molar-refractivity contribution in [2.24, 2.45) is 11.8 Å². The molecule has 0 radical (unpaired) electrons. The van der Waals surface area contributed by atoms with Crippen molar-refractivity contribution >= 4 is 0 Å². The molecule has 0 bridgehead atoms. The predicted molar refractivity (Wildman–Crippen MR) is 74.7 cm³/mol. The quantitative estimate of drug-likeness (QED) is 0.560. The zero-order valence-corrected chi connectivity index (χ0v) is 11.3. The third kappa shape index (κ3) is 4.14. The lowest BCUT2D eigenvalue weighted by Gasteiger charge is -2.28. The molecule has 0 amide bonds. The van der Waals surface area contributed by atoms with Crippen LogP contribution >= 0.6 is 0 Å². The minimum atomic E-state index is 0.373. The number of rotatable bonds is 7. The standard InChI is InChI=1S/C15H26N2/c1-4-12(3)11-15(17-16)14(5-2)13-9-7-6-8-10-13/h6-10,12,14-15,17H,4-5,11,16H2,1-3H3. The van der Waals surface area contributed by atoms with Crippen LogP contribution in [0.3, 0.4) is 0 Å². The van der Waals surface area contributed by atoms with Crippen molar-refractivity contribution in [2.75, 3.05) is 0 Å². The van der Waals surface area contributed by atoms with Crippen LogP contribution in [0.4, 0.5) is 0 Å². The zero-order valence-electron chi connectivity index (χ0n) is 11.3. The molecule has 1 aromatic carbocycles. The first kappa shape index (κ1) is 14.2. The first-order chi connectivity index (χ1) is 8.22. The molecule has 2 heteroatoms. The maximum atomic E-state index is 5.74. The van der Waals surface area contributed by atoms with E-state index in [0.29, 0.717) is 17.9 Å². The molecule has 3 N–H and O–H groups in total. The van der Waals surface area contributed by atoms with E-state index in [4.69, 9.17) is 5.84 Å². The molecule has 3 unspecified atom stereocenters. The summed E-state index contributed by atoms with van der Waals surface area (Å²) in [5.74, 6) is 6.97. The number of hydrogen-bond acceptors (Lipinski definition) is 2. The van der Waals surface area contributed by atoms with E-state index in [1.807, 2.05) is 0 Å². The Morgan fingerprint density at radius 2 is 1.76 bits per heavy atom. The monoisotopic (exact) mass is 234 g/mol. The van der Waals surface area contributed by atoms with Gasteiger partial charge >= 0.3 is 0 Å². The summed E-state index contributed by atoms with van der Waals surface area (Å²) in [5.41, 5.74) is 4.41.